The van der Waals surface area contributed by atoms with Gasteiger partial charge in [0.05, 0.1) is 0 Å². The van der Waals surface area contributed by atoms with Gasteiger partial charge in [0.25, 0.3) is 0 Å². The maximum atomic E-state index is 3.44. The zero-order valence-corrected chi connectivity index (χ0v) is 14.1. The first kappa shape index (κ1) is 21.4. The Morgan fingerprint density at radius 3 is 1.20 bits per heavy atom. The number of hydrogen-bond donors (Lipinski definition) is 0. The van der Waals surface area contributed by atoms with Crippen LogP contribution in [0.15, 0.2) is 12.7 Å². The zero-order chi connectivity index (χ0) is 11.7. The van der Waals surface area contributed by atoms with Crippen LogP contribution in [0, 0.1) is 0 Å². The fourth-order valence-electron chi connectivity index (χ4n) is 1.79. The summed E-state index contributed by atoms with van der Waals surface area (Å²) in [6, 6.07) is 0. The summed E-state index contributed by atoms with van der Waals surface area (Å²) in [4.78, 5) is 0.933. The van der Waals surface area contributed by atoms with Gasteiger partial charge in [0.2, 0.25) is 0 Å². The van der Waals surface area contributed by atoms with Crippen molar-refractivity contribution >= 4 is 7.92 Å². The number of rotatable bonds is 4. The van der Waals surface area contributed by atoms with Gasteiger partial charge in [-0.2, -0.15) is 0 Å². The standard InChI is InChI=1S/C9H21P.C3H5.ClH.Pd/c1-7(2)10(8(3)4)9(5)6;1-3-2;;/h7-9H,1-6H3;3H,1-2H2;1H;/q;;;+1/p-1. The first-order valence-electron chi connectivity index (χ1n) is 5.28. The van der Waals surface area contributed by atoms with E-state index in [1.807, 2.05) is 6.08 Å². The quantitative estimate of drug-likeness (QED) is 0.415. The van der Waals surface area contributed by atoms with Crippen LogP contribution in [-0.4, -0.2) is 17.0 Å². The van der Waals surface area contributed by atoms with Crippen LogP contribution in [0.5, 0.6) is 0 Å². The molecule has 0 fully saturated rings. The van der Waals surface area contributed by atoms with Gasteiger partial charge in [0.1, 0.15) is 0 Å². The van der Waals surface area contributed by atoms with Crippen molar-refractivity contribution < 1.29 is 31.6 Å². The summed E-state index contributed by atoms with van der Waals surface area (Å²) in [5.41, 5.74) is 2.69. The SMILES string of the molecule is C=C[CH2][Pd+].CC(C)P(C(C)C)C(C)C.[Cl-]. The number of hydrogen-bond acceptors (Lipinski definition) is 0. The summed E-state index contributed by atoms with van der Waals surface area (Å²) < 4.78 is 0. The van der Waals surface area contributed by atoms with Crippen molar-refractivity contribution in [3.8, 4) is 0 Å². The van der Waals surface area contributed by atoms with Crippen LogP contribution < -0.4 is 12.4 Å². The molecule has 0 aliphatic carbocycles. The molecule has 0 heterocycles. The molecule has 0 aromatic rings. The molecule has 0 N–H and O–H groups in total. The topological polar surface area (TPSA) is 0 Å². The molecule has 0 saturated carbocycles. The molecule has 15 heavy (non-hydrogen) atoms. The average Bonchev–Trinajstić information content (AvgIpc) is 2.02. The summed E-state index contributed by atoms with van der Waals surface area (Å²) in [5.74, 6) is 0. The molecule has 0 aliphatic rings. The van der Waals surface area contributed by atoms with Gasteiger partial charge < -0.3 is 12.4 Å². The Morgan fingerprint density at radius 2 is 1.20 bits per heavy atom. The van der Waals surface area contributed by atoms with Crippen LogP contribution in [0.3, 0.4) is 0 Å². The summed E-state index contributed by atoms with van der Waals surface area (Å²) in [5, 5.41) is 0. The van der Waals surface area contributed by atoms with Gasteiger partial charge in [-0.1, -0.05) is 49.5 Å². The number of allylic oxidation sites excluding steroid dienone is 1. The van der Waals surface area contributed by atoms with Crippen LogP contribution in [0.4, 0.5) is 0 Å². The third-order valence-electron chi connectivity index (χ3n) is 1.88. The predicted octanol–water partition coefficient (Wildman–Crippen LogP) is 1.83. The summed E-state index contributed by atoms with van der Waals surface area (Å²) in [6.45, 7) is 17.6. The van der Waals surface area contributed by atoms with E-state index in [0.717, 1.165) is 21.9 Å². The zero-order valence-electron chi connectivity index (χ0n) is 10.9. The molecule has 0 spiro atoms. The van der Waals surface area contributed by atoms with E-state index < -0.39 is 0 Å². The van der Waals surface area contributed by atoms with E-state index in [1.165, 1.54) is 0 Å². The van der Waals surface area contributed by atoms with Gasteiger partial charge in [-0.25, -0.2) is 0 Å². The summed E-state index contributed by atoms with van der Waals surface area (Å²) >= 11 is 2.92. The second-order valence-corrected chi connectivity index (χ2v) is 8.77. The third-order valence-corrected chi connectivity index (χ3v) is 5.91. The van der Waals surface area contributed by atoms with Crippen molar-refractivity contribution in [2.75, 3.05) is 0 Å². The Kier molecular flexibility index (Phi) is 18.8. The van der Waals surface area contributed by atoms with Crippen molar-refractivity contribution in [3.63, 3.8) is 0 Å². The fraction of sp³-hybridized carbons (Fsp3) is 0.833. The van der Waals surface area contributed by atoms with E-state index in [1.54, 1.807) is 0 Å². The van der Waals surface area contributed by atoms with Crippen LogP contribution in [0.25, 0.3) is 0 Å². The maximum Gasteiger partial charge on any atom is -0.0261 e. The molecule has 3 heteroatoms. The van der Waals surface area contributed by atoms with Gasteiger partial charge >= 0.3 is 36.8 Å². The molecular formula is C12H26ClPPd. The Balaban J connectivity index is -0.000000249. The minimum atomic E-state index is 0. The summed E-state index contributed by atoms with van der Waals surface area (Å²) in [6.07, 6.45) is 1.81. The van der Waals surface area contributed by atoms with E-state index in [-0.39, 0.29) is 20.3 Å². The van der Waals surface area contributed by atoms with Crippen molar-refractivity contribution in [1.82, 2.24) is 0 Å². The molecule has 0 amide bonds. The van der Waals surface area contributed by atoms with E-state index in [2.05, 4.69) is 67.3 Å². The molecule has 0 atom stereocenters. The van der Waals surface area contributed by atoms with Crippen LogP contribution in [0.1, 0.15) is 41.5 Å². The van der Waals surface area contributed by atoms with Crippen molar-refractivity contribution in [2.45, 2.75) is 63.4 Å². The van der Waals surface area contributed by atoms with Crippen LogP contribution >= 0.6 is 7.92 Å². The van der Waals surface area contributed by atoms with E-state index in [0.29, 0.717) is 0 Å². The fourth-order valence-corrected chi connectivity index (χ4v) is 5.37. The molecular weight excluding hydrogens is 317 g/mol. The van der Waals surface area contributed by atoms with Gasteiger partial charge in [-0.3, -0.25) is 0 Å². The van der Waals surface area contributed by atoms with Gasteiger partial charge in [0, 0.05) is 0 Å². The maximum absolute atomic E-state index is 3.44. The molecule has 0 aromatic carbocycles. The molecule has 0 bridgehead atoms. The van der Waals surface area contributed by atoms with Crippen LogP contribution in [-0.2, 0) is 19.2 Å². The van der Waals surface area contributed by atoms with E-state index in [9.17, 15) is 0 Å². The normalized spacial score (nSPS) is 10.1. The van der Waals surface area contributed by atoms with E-state index >= 15 is 0 Å². The Bertz CT molecular complexity index is 117. The van der Waals surface area contributed by atoms with Gasteiger partial charge in [0.15, 0.2) is 0 Å². The molecule has 0 radical (unpaired) electrons. The monoisotopic (exact) mass is 342 g/mol. The predicted molar refractivity (Wildman–Crippen MR) is 67.3 cm³/mol. The third kappa shape index (κ3) is 13.1. The van der Waals surface area contributed by atoms with Crippen molar-refractivity contribution in [3.05, 3.63) is 12.7 Å². The number of halogens is 1. The Labute approximate surface area is 115 Å². The van der Waals surface area contributed by atoms with Crippen LogP contribution in [0.2, 0.25) is 4.89 Å². The molecule has 0 nitrogen and oxygen atoms in total. The molecule has 0 unspecified atom stereocenters. The van der Waals surface area contributed by atoms with Gasteiger partial charge in [-0.15, -0.1) is 0 Å². The van der Waals surface area contributed by atoms with Crippen molar-refractivity contribution in [1.29, 1.82) is 0 Å². The average molecular weight is 343 g/mol. The largest absolute Gasteiger partial charge is 1.00 e. The second-order valence-electron chi connectivity index (χ2n) is 4.15. The molecule has 0 aromatic heterocycles. The van der Waals surface area contributed by atoms with Crippen molar-refractivity contribution in [2.24, 2.45) is 0 Å². The molecule has 0 rings (SSSR count). The Morgan fingerprint density at radius 1 is 1.00 bits per heavy atom. The van der Waals surface area contributed by atoms with Gasteiger partial charge in [-0.05, 0) is 17.0 Å². The Hall–Kier alpha value is 1.12. The second kappa shape index (κ2) is 13.2. The molecule has 96 valence electrons. The summed E-state index contributed by atoms with van der Waals surface area (Å²) in [7, 11) is 0.262. The smallest absolute Gasteiger partial charge is 0.0261 e. The first-order valence-corrected chi connectivity index (χ1v) is 7.93. The minimum Gasteiger partial charge on any atom is -1.00 e. The van der Waals surface area contributed by atoms with E-state index in [4.69, 9.17) is 0 Å². The minimum absolute atomic E-state index is 0. The first-order chi connectivity index (χ1) is 6.38. The molecule has 0 saturated heterocycles. The molecule has 0 aliphatic heterocycles.